The number of aliphatic hydroxyl groups is 1. The molecule has 2 rings (SSSR count). The molecule has 0 aliphatic carbocycles. The number of aryl methyl sites for hydroxylation is 1. The lowest BCUT2D eigenvalue weighted by Gasteiger charge is -2.22. The second-order valence-electron chi connectivity index (χ2n) is 6.09. The van der Waals surface area contributed by atoms with Gasteiger partial charge in [-0.15, -0.1) is 0 Å². The molecular formula is C19H26N2O3. The van der Waals surface area contributed by atoms with E-state index in [9.17, 15) is 9.90 Å². The van der Waals surface area contributed by atoms with Gasteiger partial charge in [-0.25, -0.2) is 0 Å². The van der Waals surface area contributed by atoms with Gasteiger partial charge in [0.15, 0.2) is 0 Å². The van der Waals surface area contributed by atoms with Gasteiger partial charge in [-0.3, -0.25) is 4.79 Å². The van der Waals surface area contributed by atoms with Gasteiger partial charge in [-0.2, -0.15) is 0 Å². The number of amides is 1. The number of hydrogen-bond acceptors (Lipinski definition) is 4. The fourth-order valence-electron chi connectivity index (χ4n) is 2.58. The Morgan fingerprint density at radius 2 is 1.79 bits per heavy atom. The molecule has 5 heteroatoms. The molecule has 0 radical (unpaired) electrons. The molecule has 24 heavy (non-hydrogen) atoms. The van der Waals surface area contributed by atoms with Crippen LogP contribution in [0.1, 0.15) is 42.6 Å². The summed E-state index contributed by atoms with van der Waals surface area (Å²) < 4.78 is 5.45. The Labute approximate surface area is 143 Å². The van der Waals surface area contributed by atoms with E-state index in [1.807, 2.05) is 19.1 Å². The van der Waals surface area contributed by atoms with Crippen molar-refractivity contribution in [3.8, 4) is 0 Å². The van der Waals surface area contributed by atoms with E-state index in [4.69, 9.17) is 4.42 Å². The van der Waals surface area contributed by atoms with E-state index in [-0.39, 0.29) is 12.5 Å². The van der Waals surface area contributed by atoms with Gasteiger partial charge < -0.3 is 19.7 Å². The summed E-state index contributed by atoms with van der Waals surface area (Å²) in [7, 11) is 0. The smallest absolute Gasteiger partial charge is 0.251 e. The minimum atomic E-state index is -1.24. The zero-order valence-electron chi connectivity index (χ0n) is 14.8. The second kappa shape index (κ2) is 7.53. The third-order valence-electron chi connectivity index (χ3n) is 4.12. The Hall–Kier alpha value is -2.27. The summed E-state index contributed by atoms with van der Waals surface area (Å²) in [5.74, 6) is 0.949. The van der Waals surface area contributed by atoms with Crippen molar-refractivity contribution in [1.29, 1.82) is 0 Å². The van der Waals surface area contributed by atoms with E-state index < -0.39 is 5.60 Å². The zero-order valence-corrected chi connectivity index (χ0v) is 14.8. The van der Waals surface area contributed by atoms with Gasteiger partial charge in [-0.1, -0.05) is 0 Å². The molecule has 1 atom stereocenters. The monoisotopic (exact) mass is 330 g/mol. The van der Waals surface area contributed by atoms with Crippen molar-refractivity contribution >= 4 is 11.6 Å². The van der Waals surface area contributed by atoms with Crippen molar-refractivity contribution in [2.75, 3.05) is 24.5 Å². The van der Waals surface area contributed by atoms with E-state index in [0.29, 0.717) is 11.3 Å². The minimum Gasteiger partial charge on any atom is -0.463 e. The quantitative estimate of drug-likeness (QED) is 0.819. The largest absolute Gasteiger partial charge is 0.463 e. The zero-order chi connectivity index (χ0) is 17.7. The normalized spacial score (nSPS) is 13.4. The molecule has 1 aromatic heterocycles. The van der Waals surface area contributed by atoms with Crippen LogP contribution in [0.5, 0.6) is 0 Å². The van der Waals surface area contributed by atoms with Crippen LogP contribution in [0.2, 0.25) is 0 Å². The van der Waals surface area contributed by atoms with Crippen molar-refractivity contribution in [3.63, 3.8) is 0 Å². The molecular weight excluding hydrogens is 304 g/mol. The average molecular weight is 330 g/mol. The maximum absolute atomic E-state index is 12.3. The Bertz CT molecular complexity index is 670. The number of nitrogens with zero attached hydrogens (tertiary/aromatic N) is 1. The van der Waals surface area contributed by atoms with E-state index in [2.05, 4.69) is 24.1 Å². The maximum atomic E-state index is 12.3. The average Bonchev–Trinajstić information content (AvgIpc) is 3.02. The highest BCUT2D eigenvalue weighted by Crippen LogP contribution is 2.22. The van der Waals surface area contributed by atoms with Gasteiger partial charge in [0.1, 0.15) is 17.1 Å². The molecule has 2 N–H and O–H groups in total. The first kappa shape index (κ1) is 18.1. The van der Waals surface area contributed by atoms with Gasteiger partial charge in [0.25, 0.3) is 5.91 Å². The number of carbonyl (C=O) groups is 1. The molecule has 5 nitrogen and oxygen atoms in total. The Balaban J connectivity index is 1.99. The van der Waals surface area contributed by atoms with Crippen LogP contribution in [0.4, 0.5) is 5.69 Å². The minimum absolute atomic E-state index is 0.0799. The highest BCUT2D eigenvalue weighted by atomic mass is 16.4. The van der Waals surface area contributed by atoms with Crippen LogP contribution in [-0.2, 0) is 5.60 Å². The van der Waals surface area contributed by atoms with Gasteiger partial charge >= 0.3 is 0 Å². The lowest BCUT2D eigenvalue weighted by atomic mass is 10.0. The summed E-state index contributed by atoms with van der Waals surface area (Å²) in [6.45, 7) is 9.56. The lowest BCUT2D eigenvalue weighted by Crippen LogP contribution is -2.38. The number of anilines is 1. The molecule has 130 valence electrons. The number of furan rings is 1. The molecule has 0 saturated carbocycles. The molecule has 1 amide bonds. The molecule has 1 heterocycles. The molecule has 0 aliphatic heterocycles. The third kappa shape index (κ3) is 4.17. The predicted molar refractivity (Wildman–Crippen MR) is 95.4 cm³/mol. The second-order valence-corrected chi connectivity index (χ2v) is 6.09. The Morgan fingerprint density at radius 1 is 1.17 bits per heavy atom. The molecule has 0 saturated heterocycles. The van der Waals surface area contributed by atoms with Crippen LogP contribution in [0.25, 0.3) is 0 Å². The number of nitrogens with one attached hydrogen (secondary N) is 1. The first-order valence-corrected chi connectivity index (χ1v) is 8.30. The van der Waals surface area contributed by atoms with Crippen LogP contribution in [0, 0.1) is 6.92 Å². The number of rotatable bonds is 7. The van der Waals surface area contributed by atoms with E-state index in [1.165, 1.54) is 0 Å². The first-order valence-electron chi connectivity index (χ1n) is 8.30. The number of benzene rings is 1. The molecule has 1 aromatic carbocycles. The standard InChI is InChI=1S/C19H26N2O3/c1-5-21(6-2)16-10-8-15(9-11-16)18(22)20-13-19(4,23)17-12-7-14(3)24-17/h7-12,23H,5-6,13H2,1-4H3,(H,20,22). The first-order chi connectivity index (χ1) is 11.4. The fraction of sp³-hybridized carbons (Fsp3) is 0.421. The summed E-state index contributed by atoms with van der Waals surface area (Å²) >= 11 is 0. The molecule has 0 spiro atoms. The SMILES string of the molecule is CCN(CC)c1ccc(C(=O)NCC(C)(O)c2ccc(C)o2)cc1. The summed E-state index contributed by atoms with van der Waals surface area (Å²) in [6.07, 6.45) is 0. The third-order valence-corrected chi connectivity index (χ3v) is 4.12. The molecule has 0 aliphatic rings. The van der Waals surface area contributed by atoms with Crippen molar-refractivity contribution in [1.82, 2.24) is 5.32 Å². The van der Waals surface area contributed by atoms with Crippen molar-refractivity contribution in [3.05, 3.63) is 53.5 Å². The van der Waals surface area contributed by atoms with E-state index in [1.54, 1.807) is 31.2 Å². The summed E-state index contributed by atoms with van der Waals surface area (Å²) in [6, 6.07) is 11.0. The van der Waals surface area contributed by atoms with Crippen LogP contribution >= 0.6 is 0 Å². The Kier molecular flexibility index (Phi) is 5.67. The summed E-state index contributed by atoms with van der Waals surface area (Å²) in [5.41, 5.74) is 0.414. The van der Waals surface area contributed by atoms with Crippen molar-refractivity contribution in [2.24, 2.45) is 0 Å². The Morgan fingerprint density at radius 3 is 2.29 bits per heavy atom. The van der Waals surface area contributed by atoms with Crippen molar-refractivity contribution < 1.29 is 14.3 Å². The van der Waals surface area contributed by atoms with Gasteiger partial charge in [0.2, 0.25) is 0 Å². The number of hydrogen-bond donors (Lipinski definition) is 2. The highest BCUT2D eigenvalue weighted by Gasteiger charge is 2.27. The van der Waals surface area contributed by atoms with Gasteiger partial charge in [0, 0.05) is 24.3 Å². The van der Waals surface area contributed by atoms with Crippen LogP contribution in [0.3, 0.4) is 0 Å². The summed E-state index contributed by atoms with van der Waals surface area (Å²) in [5, 5.41) is 13.2. The van der Waals surface area contributed by atoms with Crippen LogP contribution in [0.15, 0.2) is 40.8 Å². The summed E-state index contributed by atoms with van der Waals surface area (Å²) in [4.78, 5) is 14.5. The fourth-order valence-corrected chi connectivity index (χ4v) is 2.58. The van der Waals surface area contributed by atoms with Gasteiger partial charge in [0.05, 0.1) is 6.54 Å². The maximum Gasteiger partial charge on any atom is 0.251 e. The topological polar surface area (TPSA) is 65.7 Å². The van der Waals surface area contributed by atoms with Gasteiger partial charge in [-0.05, 0) is 64.1 Å². The molecule has 0 fully saturated rings. The molecule has 0 bridgehead atoms. The van der Waals surface area contributed by atoms with E-state index in [0.717, 1.165) is 24.5 Å². The predicted octanol–water partition coefficient (Wildman–Crippen LogP) is 3.07. The van der Waals surface area contributed by atoms with E-state index >= 15 is 0 Å². The van der Waals surface area contributed by atoms with Crippen molar-refractivity contribution in [2.45, 2.75) is 33.3 Å². The van der Waals surface area contributed by atoms with Crippen LogP contribution in [-0.4, -0.2) is 30.6 Å². The van der Waals surface area contributed by atoms with Crippen LogP contribution < -0.4 is 10.2 Å². The molecule has 2 aromatic rings. The highest BCUT2D eigenvalue weighted by molar-refractivity contribution is 5.94. The molecule has 1 unspecified atom stereocenters. The lowest BCUT2D eigenvalue weighted by molar-refractivity contribution is 0.0323. The number of carbonyl (C=O) groups excluding carboxylic acids is 1.